The fourth-order valence-corrected chi connectivity index (χ4v) is 5.48. The van der Waals surface area contributed by atoms with Gasteiger partial charge in [0, 0.05) is 56.9 Å². The van der Waals surface area contributed by atoms with Crippen molar-refractivity contribution in [3.05, 3.63) is 70.8 Å². The number of piperazine rings is 1. The normalized spacial score (nSPS) is 17.8. The van der Waals surface area contributed by atoms with E-state index in [1.165, 1.54) is 16.7 Å². The molecular formula is C28H34N4O3. The van der Waals surface area contributed by atoms with Crippen LogP contribution in [0.1, 0.15) is 45.3 Å². The summed E-state index contributed by atoms with van der Waals surface area (Å²) >= 11 is 0. The average Bonchev–Trinajstić information content (AvgIpc) is 3.32. The maximum atomic E-state index is 13.3. The first-order valence-electron chi connectivity index (χ1n) is 12.4. The average molecular weight is 475 g/mol. The van der Waals surface area contributed by atoms with E-state index in [2.05, 4.69) is 47.6 Å². The third-order valence-electron chi connectivity index (χ3n) is 7.37. The Balaban J connectivity index is 1.24. The van der Waals surface area contributed by atoms with Crippen LogP contribution in [0.25, 0.3) is 0 Å². The first kappa shape index (κ1) is 23.3. The second kappa shape index (κ2) is 9.64. The molecule has 35 heavy (non-hydrogen) atoms. The van der Waals surface area contributed by atoms with Crippen LogP contribution in [0.15, 0.2) is 42.6 Å². The molecule has 1 saturated heterocycles. The number of fused-ring (bicyclic) bond motifs is 1. The number of ether oxygens (including phenoxy) is 2. The van der Waals surface area contributed by atoms with E-state index in [1.807, 2.05) is 23.2 Å². The molecule has 1 amide bonds. The van der Waals surface area contributed by atoms with Crippen LogP contribution in [-0.2, 0) is 13.0 Å². The lowest BCUT2D eigenvalue weighted by Gasteiger charge is -2.35. The minimum atomic E-state index is 0.0361. The zero-order valence-corrected chi connectivity index (χ0v) is 21.1. The quantitative estimate of drug-likeness (QED) is 0.555. The molecule has 7 nitrogen and oxygen atoms in total. The van der Waals surface area contributed by atoms with Crippen LogP contribution < -0.4 is 14.4 Å². The van der Waals surface area contributed by atoms with E-state index in [9.17, 15) is 4.79 Å². The lowest BCUT2D eigenvalue weighted by molar-refractivity contribution is 0.0741. The lowest BCUT2D eigenvalue weighted by Crippen LogP contribution is -2.48. The zero-order chi connectivity index (χ0) is 24.5. The van der Waals surface area contributed by atoms with E-state index in [4.69, 9.17) is 14.5 Å². The molecular weight excluding hydrogens is 440 g/mol. The number of amides is 1. The first-order chi connectivity index (χ1) is 17.0. The Morgan fingerprint density at radius 3 is 2.29 bits per heavy atom. The Kier molecular flexibility index (Phi) is 6.41. The number of carbonyl (C=O) groups is 1. The van der Waals surface area contributed by atoms with Crippen molar-refractivity contribution in [2.75, 3.05) is 45.3 Å². The summed E-state index contributed by atoms with van der Waals surface area (Å²) in [4.78, 5) is 22.2. The summed E-state index contributed by atoms with van der Waals surface area (Å²) in [5, 5.41) is 0. The van der Waals surface area contributed by atoms with E-state index in [1.54, 1.807) is 14.2 Å². The molecule has 0 radical (unpaired) electrons. The Morgan fingerprint density at radius 1 is 0.971 bits per heavy atom. The molecule has 3 heterocycles. The number of aryl methyl sites for hydroxylation is 3. The summed E-state index contributed by atoms with van der Waals surface area (Å²) in [5.74, 6) is 3.28. The number of aromatic nitrogens is 2. The Bertz CT molecular complexity index is 1190. The molecule has 2 aromatic carbocycles. The minimum Gasteiger partial charge on any atom is -0.497 e. The van der Waals surface area contributed by atoms with E-state index in [-0.39, 0.29) is 5.91 Å². The van der Waals surface area contributed by atoms with Gasteiger partial charge in [0.15, 0.2) is 0 Å². The largest absolute Gasteiger partial charge is 0.497 e. The predicted molar refractivity (Wildman–Crippen MR) is 137 cm³/mol. The summed E-state index contributed by atoms with van der Waals surface area (Å²) in [6, 6.07) is 12.6. The fourth-order valence-electron chi connectivity index (χ4n) is 5.48. The Morgan fingerprint density at radius 2 is 1.66 bits per heavy atom. The monoisotopic (exact) mass is 474 g/mol. The van der Waals surface area contributed by atoms with Crippen molar-refractivity contribution in [3.63, 3.8) is 0 Å². The molecule has 1 atom stereocenters. The maximum Gasteiger partial charge on any atom is 0.274 e. The SMILES string of the molecule is COc1ccc(N2CCN(C(=O)c3cn4c(n3)CCC(c3cc(C)c(OC)c(C)c3)C4)CC2)cc1. The molecule has 5 rings (SSSR count). The molecule has 0 N–H and O–H groups in total. The molecule has 1 unspecified atom stereocenters. The summed E-state index contributed by atoms with van der Waals surface area (Å²) < 4.78 is 13.0. The topological polar surface area (TPSA) is 59.8 Å². The molecule has 0 aliphatic carbocycles. The molecule has 3 aromatic rings. The van der Waals surface area contributed by atoms with Crippen LogP contribution >= 0.6 is 0 Å². The van der Waals surface area contributed by atoms with Gasteiger partial charge in [0.1, 0.15) is 23.0 Å². The van der Waals surface area contributed by atoms with Gasteiger partial charge in [0.05, 0.1) is 14.2 Å². The van der Waals surface area contributed by atoms with Crippen molar-refractivity contribution in [3.8, 4) is 11.5 Å². The van der Waals surface area contributed by atoms with E-state index < -0.39 is 0 Å². The highest BCUT2D eigenvalue weighted by Crippen LogP contribution is 2.33. The van der Waals surface area contributed by atoms with Gasteiger partial charge in [0.25, 0.3) is 5.91 Å². The third-order valence-corrected chi connectivity index (χ3v) is 7.37. The maximum absolute atomic E-state index is 13.3. The van der Waals surface area contributed by atoms with E-state index in [0.717, 1.165) is 55.5 Å². The number of hydrogen-bond donors (Lipinski definition) is 0. The highest BCUT2D eigenvalue weighted by Gasteiger charge is 2.28. The molecule has 1 aromatic heterocycles. The smallest absolute Gasteiger partial charge is 0.274 e. The van der Waals surface area contributed by atoms with Gasteiger partial charge >= 0.3 is 0 Å². The molecule has 2 aliphatic heterocycles. The zero-order valence-electron chi connectivity index (χ0n) is 21.1. The van der Waals surface area contributed by atoms with Gasteiger partial charge in [-0.15, -0.1) is 0 Å². The van der Waals surface area contributed by atoms with Crippen molar-refractivity contribution < 1.29 is 14.3 Å². The number of benzene rings is 2. The van der Waals surface area contributed by atoms with E-state index in [0.29, 0.717) is 24.7 Å². The van der Waals surface area contributed by atoms with Crippen LogP contribution in [-0.4, -0.2) is 60.8 Å². The highest BCUT2D eigenvalue weighted by atomic mass is 16.5. The van der Waals surface area contributed by atoms with Gasteiger partial charge in [-0.05, 0) is 61.2 Å². The predicted octanol–water partition coefficient (Wildman–Crippen LogP) is 4.21. The van der Waals surface area contributed by atoms with Gasteiger partial charge in [-0.3, -0.25) is 4.79 Å². The summed E-state index contributed by atoms with van der Waals surface area (Å²) in [7, 11) is 3.40. The molecule has 0 bridgehead atoms. The van der Waals surface area contributed by atoms with Crippen LogP contribution in [0.3, 0.4) is 0 Å². The molecule has 184 valence electrons. The van der Waals surface area contributed by atoms with E-state index >= 15 is 0 Å². The van der Waals surface area contributed by atoms with Crippen LogP contribution in [0.5, 0.6) is 11.5 Å². The van der Waals surface area contributed by atoms with Gasteiger partial charge in [-0.25, -0.2) is 4.98 Å². The lowest BCUT2D eigenvalue weighted by atomic mass is 9.89. The number of rotatable bonds is 5. The van der Waals surface area contributed by atoms with Crippen molar-refractivity contribution in [2.45, 2.75) is 39.2 Å². The molecule has 0 spiro atoms. The molecule has 7 heteroatoms. The van der Waals surface area contributed by atoms with Crippen molar-refractivity contribution in [2.24, 2.45) is 0 Å². The fraction of sp³-hybridized carbons (Fsp3) is 0.429. The molecule has 2 aliphatic rings. The number of carbonyl (C=O) groups excluding carboxylic acids is 1. The number of nitrogens with zero attached hydrogens (tertiary/aromatic N) is 4. The van der Waals surface area contributed by atoms with Gasteiger partial charge in [-0.1, -0.05) is 12.1 Å². The number of methoxy groups -OCH3 is 2. The Hall–Kier alpha value is -3.48. The van der Waals surface area contributed by atoms with Gasteiger partial charge in [-0.2, -0.15) is 0 Å². The van der Waals surface area contributed by atoms with Crippen LogP contribution in [0, 0.1) is 13.8 Å². The second-order valence-electron chi connectivity index (χ2n) is 9.60. The van der Waals surface area contributed by atoms with Crippen molar-refractivity contribution in [1.82, 2.24) is 14.5 Å². The van der Waals surface area contributed by atoms with Crippen molar-refractivity contribution >= 4 is 11.6 Å². The third kappa shape index (κ3) is 4.59. The van der Waals surface area contributed by atoms with Gasteiger partial charge in [0.2, 0.25) is 0 Å². The number of imidazole rings is 1. The van der Waals surface area contributed by atoms with Crippen molar-refractivity contribution in [1.29, 1.82) is 0 Å². The first-order valence-corrected chi connectivity index (χ1v) is 12.4. The molecule has 0 saturated carbocycles. The van der Waals surface area contributed by atoms with Gasteiger partial charge < -0.3 is 23.8 Å². The Labute approximate surface area is 207 Å². The minimum absolute atomic E-state index is 0.0361. The second-order valence-corrected chi connectivity index (χ2v) is 9.60. The molecule has 1 fully saturated rings. The highest BCUT2D eigenvalue weighted by molar-refractivity contribution is 5.92. The number of anilines is 1. The summed E-state index contributed by atoms with van der Waals surface area (Å²) in [6.07, 6.45) is 3.88. The van der Waals surface area contributed by atoms with Crippen LogP contribution in [0.2, 0.25) is 0 Å². The summed E-state index contributed by atoms with van der Waals surface area (Å²) in [6.45, 7) is 8.07. The summed E-state index contributed by atoms with van der Waals surface area (Å²) in [5.41, 5.74) is 5.40. The van der Waals surface area contributed by atoms with Crippen LogP contribution in [0.4, 0.5) is 5.69 Å². The number of hydrogen-bond acceptors (Lipinski definition) is 5. The standard InChI is InChI=1S/C28H34N4O3/c1-19-15-22(16-20(2)27(19)35-4)21-5-10-26-29-25(18-32(26)17-21)28(33)31-13-11-30(12-14-31)23-6-8-24(34-3)9-7-23/h6-9,15-16,18,21H,5,10-14,17H2,1-4H3.